The van der Waals surface area contributed by atoms with Crippen LogP contribution in [0.1, 0.15) is 47.5 Å². The fourth-order valence-electron chi connectivity index (χ4n) is 1.23. The van der Waals surface area contributed by atoms with Gasteiger partial charge in [0, 0.05) is 24.7 Å². The van der Waals surface area contributed by atoms with E-state index in [4.69, 9.17) is 0 Å². The fraction of sp³-hybridized carbons (Fsp3) is 0.833. The number of Topliss-reactive ketones (excluding diaryl/α,β-unsaturated/α-hetero) is 2. The minimum Gasteiger partial charge on any atom is -0.299 e. The zero-order valence-corrected chi connectivity index (χ0v) is 9.96. The molecule has 2 nitrogen and oxygen atoms in total. The third-order valence-corrected chi connectivity index (χ3v) is 2.39. The monoisotopic (exact) mass is 198 g/mol. The summed E-state index contributed by atoms with van der Waals surface area (Å²) in [6.07, 6.45) is 1.08. The molecule has 0 N–H and O–H groups in total. The molecule has 0 radical (unpaired) electrons. The van der Waals surface area contributed by atoms with E-state index < -0.39 is 0 Å². The second-order valence-electron chi connectivity index (χ2n) is 4.76. The third-order valence-electron chi connectivity index (χ3n) is 2.39. The Morgan fingerprint density at radius 3 is 1.29 bits per heavy atom. The normalized spacial score (nSPS) is 11.4. The fourth-order valence-corrected chi connectivity index (χ4v) is 1.23. The van der Waals surface area contributed by atoms with Gasteiger partial charge >= 0.3 is 0 Å². The van der Waals surface area contributed by atoms with Gasteiger partial charge in [-0.1, -0.05) is 34.6 Å². The van der Waals surface area contributed by atoms with Crippen LogP contribution in [0, 0.1) is 17.8 Å². The summed E-state index contributed by atoms with van der Waals surface area (Å²) in [7, 11) is 0. The predicted octanol–water partition coefficient (Wildman–Crippen LogP) is 2.85. The molecule has 0 aromatic rings. The lowest BCUT2D eigenvalue weighted by Crippen LogP contribution is -2.16. The maximum absolute atomic E-state index is 11.4. The number of ketones is 2. The Morgan fingerprint density at radius 2 is 1.07 bits per heavy atom. The molecule has 0 fully saturated rings. The highest BCUT2D eigenvalue weighted by atomic mass is 16.1. The first kappa shape index (κ1) is 13.3. The summed E-state index contributed by atoms with van der Waals surface area (Å²) in [5, 5.41) is 0. The van der Waals surface area contributed by atoms with Gasteiger partial charge in [0.15, 0.2) is 0 Å². The lowest BCUT2D eigenvalue weighted by Gasteiger charge is -2.12. The summed E-state index contributed by atoms with van der Waals surface area (Å²) >= 11 is 0. The first-order valence-electron chi connectivity index (χ1n) is 5.40. The molecule has 0 atom stereocenters. The minimum atomic E-state index is 0.0894. The highest BCUT2D eigenvalue weighted by Gasteiger charge is 2.16. The van der Waals surface area contributed by atoms with E-state index >= 15 is 0 Å². The van der Waals surface area contributed by atoms with Crippen LogP contribution in [0.25, 0.3) is 0 Å². The SMILES string of the molecule is CC(CC(=O)C(C)C)CC(=O)C(C)C. The smallest absolute Gasteiger partial charge is 0.135 e. The van der Waals surface area contributed by atoms with Crippen LogP contribution in [-0.2, 0) is 9.59 Å². The molecule has 0 rings (SSSR count). The molecule has 0 bridgehead atoms. The number of hydrogen-bond donors (Lipinski definition) is 0. The van der Waals surface area contributed by atoms with Crippen LogP contribution in [0.4, 0.5) is 0 Å². The lowest BCUT2D eigenvalue weighted by molar-refractivity contribution is -0.124. The van der Waals surface area contributed by atoms with Gasteiger partial charge in [0.2, 0.25) is 0 Å². The topological polar surface area (TPSA) is 34.1 Å². The van der Waals surface area contributed by atoms with Gasteiger partial charge in [-0.05, 0) is 5.92 Å². The molecule has 0 saturated heterocycles. The Kier molecular flexibility index (Phi) is 5.66. The van der Waals surface area contributed by atoms with E-state index in [9.17, 15) is 9.59 Å². The first-order valence-corrected chi connectivity index (χ1v) is 5.40. The molecule has 0 unspecified atom stereocenters. The van der Waals surface area contributed by atoms with Crippen molar-refractivity contribution in [2.45, 2.75) is 47.5 Å². The Labute approximate surface area is 87.1 Å². The average Bonchev–Trinajstić information content (AvgIpc) is 2.03. The molecule has 0 aliphatic heterocycles. The summed E-state index contributed by atoms with van der Waals surface area (Å²) in [5.74, 6) is 0.890. The van der Waals surface area contributed by atoms with Crippen molar-refractivity contribution >= 4 is 11.6 Å². The van der Waals surface area contributed by atoms with Crippen LogP contribution in [0.2, 0.25) is 0 Å². The summed E-state index contributed by atoms with van der Waals surface area (Å²) in [6, 6.07) is 0. The highest BCUT2D eigenvalue weighted by molar-refractivity contribution is 5.83. The molecule has 0 saturated carbocycles. The molecule has 0 aromatic heterocycles. The van der Waals surface area contributed by atoms with Gasteiger partial charge in [-0.15, -0.1) is 0 Å². The lowest BCUT2D eigenvalue weighted by atomic mass is 9.91. The number of carbonyl (C=O) groups excluding carboxylic acids is 2. The first-order chi connectivity index (χ1) is 6.34. The minimum absolute atomic E-state index is 0.0894. The summed E-state index contributed by atoms with van der Waals surface area (Å²) < 4.78 is 0. The van der Waals surface area contributed by atoms with Crippen molar-refractivity contribution < 1.29 is 9.59 Å². The summed E-state index contributed by atoms with van der Waals surface area (Å²) in [6.45, 7) is 9.58. The quantitative estimate of drug-likeness (QED) is 0.657. The van der Waals surface area contributed by atoms with E-state index in [1.54, 1.807) is 0 Å². The van der Waals surface area contributed by atoms with Crippen molar-refractivity contribution in [1.82, 2.24) is 0 Å². The van der Waals surface area contributed by atoms with Crippen molar-refractivity contribution in [2.24, 2.45) is 17.8 Å². The van der Waals surface area contributed by atoms with Crippen LogP contribution in [-0.4, -0.2) is 11.6 Å². The molecule has 0 spiro atoms. The summed E-state index contributed by atoms with van der Waals surface area (Å²) in [5.41, 5.74) is 0. The second kappa shape index (κ2) is 5.94. The van der Waals surface area contributed by atoms with Crippen molar-refractivity contribution in [3.8, 4) is 0 Å². The van der Waals surface area contributed by atoms with Crippen LogP contribution >= 0.6 is 0 Å². The molecule has 0 aliphatic rings. The molecule has 0 amide bonds. The standard InChI is InChI=1S/C12H22O2/c1-8(2)11(13)6-10(5)7-12(14)9(3)4/h8-10H,6-7H2,1-5H3. The van der Waals surface area contributed by atoms with E-state index in [-0.39, 0.29) is 29.3 Å². The largest absolute Gasteiger partial charge is 0.299 e. The highest BCUT2D eigenvalue weighted by Crippen LogP contribution is 2.14. The number of carbonyl (C=O) groups is 2. The molecule has 0 heterocycles. The van der Waals surface area contributed by atoms with E-state index in [0.717, 1.165) is 0 Å². The van der Waals surface area contributed by atoms with Crippen molar-refractivity contribution in [3.63, 3.8) is 0 Å². The van der Waals surface area contributed by atoms with Crippen molar-refractivity contribution in [2.75, 3.05) is 0 Å². The Morgan fingerprint density at radius 1 is 0.786 bits per heavy atom. The van der Waals surface area contributed by atoms with Gasteiger partial charge in [-0.2, -0.15) is 0 Å². The molecule has 0 aliphatic carbocycles. The Bertz CT molecular complexity index is 182. The summed E-state index contributed by atoms with van der Waals surface area (Å²) in [4.78, 5) is 22.8. The number of rotatable bonds is 6. The average molecular weight is 198 g/mol. The maximum Gasteiger partial charge on any atom is 0.135 e. The Balaban J connectivity index is 3.93. The van der Waals surface area contributed by atoms with E-state index in [0.29, 0.717) is 12.8 Å². The maximum atomic E-state index is 11.4. The van der Waals surface area contributed by atoms with Crippen molar-refractivity contribution in [3.05, 3.63) is 0 Å². The Hall–Kier alpha value is -0.660. The molecular weight excluding hydrogens is 176 g/mol. The molecule has 14 heavy (non-hydrogen) atoms. The van der Waals surface area contributed by atoms with Gasteiger partial charge in [0.25, 0.3) is 0 Å². The molecule has 82 valence electrons. The zero-order chi connectivity index (χ0) is 11.3. The second-order valence-corrected chi connectivity index (χ2v) is 4.76. The van der Waals surface area contributed by atoms with E-state index in [1.807, 2.05) is 34.6 Å². The van der Waals surface area contributed by atoms with Gasteiger partial charge in [-0.25, -0.2) is 0 Å². The van der Waals surface area contributed by atoms with Gasteiger partial charge in [-0.3, -0.25) is 9.59 Å². The van der Waals surface area contributed by atoms with Crippen molar-refractivity contribution in [1.29, 1.82) is 0 Å². The third kappa shape index (κ3) is 5.15. The predicted molar refractivity (Wildman–Crippen MR) is 58.1 cm³/mol. The zero-order valence-electron chi connectivity index (χ0n) is 9.96. The number of hydrogen-bond acceptors (Lipinski definition) is 2. The van der Waals surface area contributed by atoms with Crippen LogP contribution in [0.15, 0.2) is 0 Å². The van der Waals surface area contributed by atoms with Crippen LogP contribution in [0.3, 0.4) is 0 Å². The van der Waals surface area contributed by atoms with Gasteiger partial charge < -0.3 is 0 Å². The van der Waals surface area contributed by atoms with Gasteiger partial charge in [0.05, 0.1) is 0 Å². The molecule has 2 heteroatoms. The van der Waals surface area contributed by atoms with E-state index in [2.05, 4.69) is 0 Å². The van der Waals surface area contributed by atoms with E-state index in [1.165, 1.54) is 0 Å². The van der Waals surface area contributed by atoms with Gasteiger partial charge in [0.1, 0.15) is 11.6 Å². The molecular formula is C12H22O2. The molecule has 0 aromatic carbocycles. The van der Waals surface area contributed by atoms with Crippen LogP contribution < -0.4 is 0 Å². The van der Waals surface area contributed by atoms with Crippen LogP contribution in [0.5, 0.6) is 0 Å².